The molecule has 6 nitrogen and oxygen atoms in total. The van der Waals surface area contributed by atoms with E-state index in [1.165, 1.54) is 12.1 Å². The highest BCUT2D eigenvalue weighted by molar-refractivity contribution is 5.79. The van der Waals surface area contributed by atoms with Gasteiger partial charge in [-0.25, -0.2) is 4.99 Å². The van der Waals surface area contributed by atoms with Gasteiger partial charge in [-0.3, -0.25) is 0 Å². The summed E-state index contributed by atoms with van der Waals surface area (Å²) in [5.41, 5.74) is 0.973. The minimum atomic E-state index is -4.33. The zero-order chi connectivity index (χ0) is 22.9. The summed E-state index contributed by atoms with van der Waals surface area (Å²) >= 11 is 0. The SMILES string of the molecule is CCNC(=NCc1ccc(OC)c(OC)c1OC)NCCc1ccc(C(F)(F)F)cc1. The fourth-order valence-electron chi connectivity index (χ4n) is 2.98. The molecule has 2 aromatic carbocycles. The van der Waals surface area contributed by atoms with Gasteiger partial charge in [0.15, 0.2) is 17.5 Å². The van der Waals surface area contributed by atoms with Crippen molar-refractivity contribution in [2.75, 3.05) is 34.4 Å². The number of ether oxygens (including phenoxy) is 3. The number of hydrogen-bond acceptors (Lipinski definition) is 4. The molecule has 0 saturated heterocycles. The van der Waals surface area contributed by atoms with Crippen LogP contribution in [0.5, 0.6) is 17.2 Å². The molecule has 31 heavy (non-hydrogen) atoms. The van der Waals surface area contributed by atoms with Crippen molar-refractivity contribution < 1.29 is 27.4 Å². The van der Waals surface area contributed by atoms with E-state index in [0.29, 0.717) is 49.3 Å². The third-order valence-corrected chi connectivity index (χ3v) is 4.52. The largest absolute Gasteiger partial charge is 0.493 e. The average molecular weight is 439 g/mol. The van der Waals surface area contributed by atoms with Crippen LogP contribution in [0.2, 0.25) is 0 Å². The predicted octanol–water partition coefficient (Wildman–Crippen LogP) is 4.03. The number of guanidine groups is 1. The molecule has 2 N–H and O–H groups in total. The Morgan fingerprint density at radius 3 is 2.13 bits per heavy atom. The first kappa shape index (κ1) is 24.2. The van der Waals surface area contributed by atoms with Gasteiger partial charge < -0.3 is 24.8 Å². The van der Waals surface area contributed by atoms with Crippen molar-refractivity contribution in [2.45, 2.75) is 26.1 Å². The third-order valence-electron chi connectivity index (χ3n) is 4.52. The molecule has 0 aliphatic carbocycles. The minimum absolute atomic E-state index is 0.332. The number of aliphatic imine (C=N–C) groups is 1. The van der Waals surface area contributed by atoms with E-state index in [1.807, 2.05) is 13.0 Å². The van der Waals surface area contributed by atoms with Gasteiger partial charge in [0.25, 0.3) is 0 Å². The summed E-state index contributed by atoms with van der Waals surface area (Å²) in [7, 11) is 4.65. The fraction of sp³-hybridized carbons (Fsp3) is 0.409. The number of rotatable bonds is 9. The van der Waals surface area contributed by atoms with Crippen molar-refractivity contribution in [1.29, 1.82) is 0 Å². The maximum atomic E-state index is 12.7. The molecule has 0 aromatic heterocycles. The van der Waals surface area contributed by atoms with Crippen molar-refractivity contribution in [3.8, 4) is 17.2 Å². The van der Waals surface area contributed by atoms with Crippen LogP contribution in [-0.4, -0.2) is 40.4 Å². The molecule has 2 rings (SSSR count). The number of methoxy groups -OCH3 is 3. The first-order chi connectivity index (χ1) is 14.8. The van der Waals surface area contributed by atoms with Crippen LogP contribution in [0.3, 0.4) is 0 Å². The monoisotopic (exact) mass is 439 g/mol. The summed E-state index contributed by atoms with van der Waals surface area (Å²) in [6.45, 7) is 3.46. The highest BCUT2D eigenvalue weighted by atomic mass is 19.4. The summed E-state index contributed by atoms with van der Waals surface area (Å²) in [5, 5.41) is 6.34. The number of benzene rings is 2. The molecule has 0 amide bonds. The fourth-order valence-corrected chi connectivity index (χ4v) is 2.98. The van der Waals surface area contributed by atoms with E-state index in [-0.39, 0.29) is 0 Å². The molecule has 0 fully saturated rings. The molecular formula is C22H28F3N3O3. The van der Waals surface area contributed by atoms with Gasteiger partial charge in [0.05, 0.1) is 33.4 Å². The first-order valence-corrected chi connectivity index (χ1v) is 9.80. The Bertz CT molecular complexity index is 869. The van der Waals surface area contributed by atoms with Crippen LogP contribution in [0.1, 0.15) is 23.6 Å². The summed E-state index contributed by atoms with van der Waals surface area (Å²) in [6, 6.07) is 8.81. The molecule has 9 heteroatoms. The molecule has 0 saturated carbocycles. The van der Waals surface area contributed by atoms with Crippen LogP contribution >= 0.6 is 0 Å². The molecule has 0 spiro atoms. The molecule has 0 heterocycles. The third kappa shape index (κ3) is 6.70. The summed E-state index contributed by atoms with van der Waals surface area (Å²) in [4.78, 5) is 4.57. The van der Waals surface area contributed by atoms with E-state index >= 15 is 0 Å². The lowest BCUT2D eigenvalue weighted by molar-refractivity contribution is -0.137. The van der Waals surface area contributed by atoms with Crippen LogP contribution in [0.4, 0.5) is 13.2 Å². The quantitative estimate of drug-likeness (QED) is 0.456. The van der Waals surface area contributed by atoms with Crippen LogP contribution < -0.4 is 24.8 Å². The van der Waals surface area contributed by atoms with E-state index in [1.54, 1.807) is 27.4 Å². The normalized spacial score (nSPS) is 11.8. The summed E-state index contributed by atoms with van der Waals surface area (Å²) in [5.74, 6) is 2.20. The number of alkyl halides is 3. The van der Waals surface area contributed by atoms with Crippen molar-refractivity contribution in [2.24, 2.45) is 4.99 Å². The highest BCUT2D eigenvalue weighted by Crippen LogP contribution is 2.40. The van der Waals surface area contributed by atoms with E-state index in [4.69, 9.17) is 14.2 Å². The molecule has 0 bridgehead atoms. The Labute approximate surface area is 180 Å². The van der Waals surface area contributed by atoms with Crippen LogP contribution in [0.25, 0.3) is 0 Å². The molecule has 0 aliphatic rings. The zero-order valence-electron chi connectivity index (χ0n) is 18.1. The lowest BCUT2D eigenvalue weighted by atomic mass is 10.1. The van der Waals surface area contributed by atoms with Crippen molar-refractivity contribution >= 4 is 5.96 Å². The number of halogens is 3. The van der Waals surface area contributed by atoms with Gasteiger partial charge in [-0.1, -0.05) is 12.1 Å². The Kier molecular flexibility index (Phi) is 8.84. The van der Waals surface area contributed by atoms with Crippen LogP contribution in [0.15, 0.2) is 41.4 Å². The highest BCUT2D eigenvalue weighted by Gasteiger charge is 2.29. The molecule has 0 unspecified atom stereocenters. The maximum Gasteiger partial charge on any atom is 0.416 e. The summed E-state index contributed by atoms with van der Waals surface area (Å²) < 4.78 is 54.2. The molecule has 2 aromatic rings. The van der Waals surface area contributed by atoms with Gasteiger partial charge in [0.2, 0.25) is 5.75 Å². The number of nitrogens with one attached hydrogen (secondary N) is 2. The van der Waals surface area contributed by atoms with E-state index in [0.717, 1.165) is 23.3 Å². The molecule has 0 atom stereocenters. The Balaban J connectivity index is 2.04. The van der Waals surface area contributed by atoms with Gasteiger partial charge >= 0.3 is 6.18 Å². The Morgan fingerprint density at radius 2 is 1.58 bits per heavy atom. The zero-order valence-corrected chi connectivity index (χ0v) is 18.1. The van der Waals surface area contributed by atoms with E-state index < -0.39 is 11.7 Å². The van der Waals surface area contributed by atoms with E-state index in [9.17, 15) is 13.2 Å². The minimum Gasteiger partial charge on any atom is -0.493 e. The van der Waals surface area contributed by atoms with Gasteiger partial charge in [-0.15, -0.1) is 0 Å². The number of hydrogen-bond donors (Lipinski definition) is 2. The molecule has 0 aliphatic heterocycles. The second-order valence-electron chi connectivity index (χ2n) is 6.56. The Hall–Kier alpha value is -3.10. The predicted molar refractivity (Wildman–Crippen MR) is 114 cm³/mol. The second kappa shape index (κ2) is 11.3. The molecular weight excluding hydrogens is 411 g/mol. The van der Waals surface area contributed by atoms with Gasteiger partial charge in [0, 0.05) is 18.7 Å². The van der Waals surface area contributed by atoms with Crippen molar-refractivity contribution in [1.82, 2.24) is 10.6 Å². The lowest BCUT2D eigenvalue weighted by Gasteiger charge is -2.16. The van der Waals surface area contributed by atoms with Crippen molar-refractivity contribution in [3.63, 3.8) is 0 Å². The second-order valence-corrected chi connectivity index (χ2v) is 6.56. The smallest absolute Gasteiger partial charge is 0.416 e. The number of nitrogens with zero attached hydrogens (tertiary/aromatic N) is 1. The maximum absolute atomic E-state index is 12.7. The first-order valence-electron chi connectivity index (χ1n) is 9.80. The van der Waals surface area contributed by atoms with Gasteiger partial charge in [-0.05, 0) is 43.2 Å². The van der Waals surface area contributed by atoms with Crippen molar-refractivity contribution in [3.05, 3.63) is 53.1 Å². The summed E-state index contributed by atoms with van der Waals surface area (Å²) in [6.07, 6.45) is -3.77. The molecule has 0 radical (unpaired) electrons. The van der Waals surface area contributed by atoms with Gasteiger partial charge in [0.1, 0.15) is 0 Å². The van der Waals surface area contributed by atoms with E-state index in [2.05, 4.69) is 15.6 Å². The Morgan fingerprint density at radius 1 is 0.903 bits per heavy atom. The van der Waals surface area contributed by atoms with Crippen LogP contribution in [-0.2, 0) is 19.1 Å². The van der Waals surface area contributed by atoms with Crippen LogP contribution in [0, 0.1) is 0 Å². The van der Waals surface area contributed by atoms with Gasteiger partial charge in [-0.2, -0.15) is 13.2 Å². The average Bonchev–Trinajstić information content (AvgIpc) is 2.76. The topological polar surface area (TPSA) is 64.1 Å². The molecule has 170 valence electrons. The lowest BCUT2D eigenvalue weighted by Crippen LogP contribution is -2.38. The standard InChI is InChI=1S/C22H28F3N3O3/c1-5-26-21(27-13-12-15-6-9-17(10-7-15)22(23,24)25)28-14-16-8-11-18(29-2)20(31-4)19(16)30-3/h6-11H,5,12-14H2,1-4H3,(H2,26,27,28).